The zero-order chi connectivity index (χ0) is 14.8. The SMILES string of the molecule is COc1ccc(-n2nc(C(=O)O)c3c2CCCCC3)cc1. The normalized spacial score (nSPS) is 14.3. The van der Waals surface area contributed by atoms with E-state index in [0.717, 1.165) is 54.8 Å². The maximum absolute atomic E-state index is 11.4. The number of carboxylic acids is 1. The molecule has 0 aliphatic heterocycles. The van der Waals surface area contributed by atoms with Crippen LogP contribution in [0.4, 0.5) is 0 Å². The number of carboxylic acid groups (broad SMARTS) is 1. The van der Waals surface area contributed by atoms with Crippen molar-refractivity contribution in [1.82, 2.24) is 9.78 Å². The lowest BCUT2D eigenvalue weighted by molar-refractivity contribution is 0.0688. The van der Waals surface area contributed by atoms with Crippen LogP contribution >= 0.6 is 0 Å². The Morgan fingerprint density at radius 1 is 1.19 bits per heavy atom. The van der Waals surface area contributed by atoms with Crippen molar-refractivity contribution in [3.63, 3.8) is 0 Å². The molecule has 0 atom stereocenters. The lowest BCUT2D eigenvalue weighted by atomic mass is 10.1. The molecule has 110 valence electrons. The lowest BCUT2D eigenvalue weighted by Gasteiger charge is -2.08. The Balaban J connectivity index is 2.10. The zero-order valence-corrected chi connectivity index (χ0v) is 12.0. The summed E-state index contributed by atoms with van der Waals surface area (Å²) in [5, 5.41) is 13.7. The molecule has 1 N–H and O–H groups in total. The monoisotopic (exact) mass is 286 g/mol. The Morgan fingerprint density at radius 2 is 1.90 bits per heavy atom. The molecule has 1 aromatic heterocycles. The van der Waals surface area contributed by atoms with Gasteiger partial charge in [0.2, 0.25) is 0 Å². The number of fused-ring (bicyclic) bond motifs is 1. The number of rotatable bonds is 3. The first kappa shape index (κ1) is 13.7. The smallest absolute Gasteiger partial charge is 0.356 e. The summed E-state index contributed by atoms with van der Waals surface area (Å²) in [6, 6.07) is 7.53. The van der Waals surface area contributed by atoms with E-state index in [2.05, 4.69) is 5.10 Å². The number of nitrogens with zero attached hydrogens (tertiary/aromatic N) is 2. The molecule has 0 unspecified atom stereocenters. The third kappa shape index (κ3) is 2.51. The number of aromatic nitrogens is 2. The summed E-state index contributed by atoms with van der Waals surface area (Å²) in [5.74, 6) is -0.170. The summed E-state index contributed by atoms with van der Waals surface area (Å²) in [7, 11) is 1.62. The molecule has 0 radical (unpaired) electrons. The Morgan fingerprint density at radius 3 is 2.57 bits per heavy atom. The van der Waals surface area contributed by atoms with Gasteiger partial charge in [-0.25, -0.2) is 9.48 Å². The summed E-state index contributed by atoms with van der Waals surface area (Å²) >= 11 is 0. The van der Waals surface area contributed by atoms with Gasteiger partial charge in [0.1, 0.15) is 5.75 Å². The van der Waals surface area contributed by atoms with Gasteiger partial charge < -0.3 is 9.84 Å². The molecule has 1 aliphatic carbocycles. The Kier molecular flexibility index (Phi) is 3.64. The van der Waals surface area contributed by atoms with Crippen molar-refractivity contribution in [1.29, 1.82) is 0 Å². The van der Waals surface area contributed by atoms with E-state index in [0.29, 0.717) is 0 Å². The number of methoxy groups -OCH3 is 1. The molecule has 0 saturated heterocycles. The second-order valence-electron chi connectivity index (χ2n) is 5.25. The lowest BCUT2D eigenvalue weighted by Crippen LogP contribution is -2.04. The van der Waals surface area contributed by atoms with E-state index in [1.165, 1.54) is 0 Å². The van der Waals surface area contributed by atoms with Gasteiger partial charge in [0.15, 0.2) is 5.69 Å². The van der Waals surface area contributed by atoms with Gasteiger partial charge in [-0.1, -0.05) is 6.42 Å². The Hall–Kier alpha value is -2.30. The first-order chi connectivity index (χ1) is 10.2. The van der Waals surface area contributed by atoms with Gasteiger partial charge >= 0.3 is 5.97 Å². The summed E-state index contributed by atoms with van der Waals surface area (Å²) in [6.07, 6.45) is 4.92. The van der Waals surface area contributed by atoms with Gasteiger partial charge in [-0.15, -0.1) is 0 Å². The predicted octanol–water partition coefficient (Wildman–Crippen LogP) is 2.85. The van der Waals surface area contributed by atoms with Crippen LogP contribution in [-0.4, -0.2) is 28.0 Å². The van der Waals surface area contributed by atoms with E-state index in [4.69, 9.17) is 4.74 Å². The van der Waals surface area contributed by atoms with E-state index in [1.807, 2.05) is 24.3 Å². The largest absolute Gasteiger partial charge is 0.497 e. The predicted molar refractivity (Wildman–Crippen MR) is 78.3 cm³/mol. The minimum absolute atomic E-state index is 0.197. The maximum atomic E-state index is 11.4. The summed E-state index contributed by atoms with van der Waals surface area (Å²) in [5.41, 5.74) is 3.01. The molecule has 1 aromatic carbocycles. The molecule has 21 heavy (non-hydrogen) atoms. The van der Waals surface area contributed by atoms with Crippen LogP contribution < -0.4 is 4.74 Å². The molecule has 2 aromatic rings. The molecule has 1 heterocycles. The number of ether oxygens (including phenoxy) is 1. The number of aromatic carboxylic acids is 1. The highest BCUT2D eigenvalue weighted by molar-refractivity contribution is 5.87. The number of hydrogen-bond donors (Lipinski definition) is 1. The Bertz CT molecular complexity index is 659. The van der Waals surface area contributed by atoms with Gasteiger partial charge in [-0.2, -0.15) is 5.10 Å². The minimum Gasteiger partial charge on any atom is -0.497 e. The van der Waals surface area contributed by atoms with Crippen LogP contribution in [0.3, 0.4) is 0 Å². The molecular formula is C16H18N2O3. The third-order valence-corrected chi connectivity index (χ3v) is 3.95. The van der Waals surface area contributed by atoms with E-state index in [-0.39, 0.29) is 5.69 Å². The van der Waals surface area contributed by atoms with Crippen molar-refractivity contribution in [3.8, 4) is 11.4 Å². The number of hydrogen-bond acceptors (Lipinski definition) is 3. The van der Waals surface area contributed by atoms with Crippen molar-refractivity contribution in [2.75, 3.05) is 7.11 Å². The van der Waals surface area contributed by atoms with Gasteiger partial charge in [0.25, 0.3) is 0 Å². The van der Waals surface area contributed by atoms with Crippen LogP contribution in [0.25, 0.3) is 5.69 Å². The second-order valence-corrected chi connectivity index (χ2v) is 5.25. The highest BCUT2D eigenvalue weighted by Gasteiger charge is 2.24. The van der Waals surface area contributed by atoms with Crippen molar-refractivity contribution < 1.29 is 14.6 Å². The molecule has 0 bridgehead atoms. The van der Waals surface area contributed by atoms with Gasteiger partial charge in [0.05, 0.1) is 12.8 Å². The maximum Gasteiger partial charge on any atom is 0.356 e. The zero-order valence-electron chi connectivity index (χ0n) is 12.0. The molecule has 3 rings (SSSR count). The number of benzene rings is 1. The topological polar surface area (TPSA) is 64.4 Å². The van der Waals surface area contributed by atoms with E-state index >= 15 is 0 Å². The van der Waals surface area contributed by atoms with E-state index in [9.17, 15) is 9.90 Å². The third-order valence-electron chi connectivity index (χ3n) is 3.95. The van der Waals surface area contributed by atoms with E-state index < -0.39 is 5.97 Å². The van der Waals surface area contributed by atoms with Gasteiger partial charge in [-0.05, 0) is 49.9 Å². The van der Waals surface area contributed by atoms with Crippen molar-refractivity contribution >= 4 is 5.97 Å². The number of carbonyl (C=O) groups is 1. The van der Waals surface area contributed by atoms with Gasteiger partial charge in [0, 0.05) is 11.3 Å². The van der Waals surface area contributed by atoms with Crippen LogP contribution in [0.15, 0.2) is 24.3 Å². The Labute approximate surface area is 123 Å². The standard InChI is InChI=1S/C16H18N2O3/c1-21-12-9-7-11(8-10-12)18-14-6-4-2-3-5-13(14)15(17-18)16(19)20/h7-10H,2-6H2,1H3,(H,19,20). The van der Waals surface area contributed by atoms with Crippen LogP contribution in [0, 0.1) is 0 Å². The fourth-order valence-electron chi connectivity index (χ4n) is 2.88. The molecule has 5 heteroatoms. The molecule has 0 fully saturated rings. The van der Waals surface area contributed by atoms with Crippen LogP contribution in [-0.2, 0) is 12.8 Å². The van der Waals surface area contributed by atoms with Crippen molar-refractivity contribution in [2.24, 2.45) is 0 Å². The summed E-state index contributed by atoms with van der Waals surface area (Å²) in [6.45, 7) is 0. The van der Waals surface area contributed by atoms with Crippen LogP contribution in [0.2, 0.25) is 0 Å². The highest BCUT2D eigenvalue weighted by atomic mass is 16.5. The van der Waals surface area contributed by atoms with Crippen LogP contribution in [0.1, 0.15) is 41.0 Å². The fraction of sp³-hybridized carbons (Fsp3) is 0.375. The molecular weight excluding hydrogens is 268 g/mol. The minimum atomic E-state index is -0.944. The summed E-state index contributed by atoms with van der Waals surface area (Å²) < 4.78 is 6.94. The molecule has 5 nitrogen and oxygen atoms in total. The van der Waals surface area contributed by atoms with Gasteiger partial charge in [-0.3, -0.25) is 0 Å². The molecule has 0 amide bonds. The molecule has 1 aliphatic rings. The van der Waals surface area contributed by atoms with Crippen molar-refractivity contribution in [3.05, 3.63) is 41.2 Å². The summed E-state index contributed by atoms with van der Waals surface area (Å²) in [4.78, 5) is 11.4. The van der Waals surface area contributed by atoms with Crippen LogP contribution in [0.5, 0.6) is 5.75 Å². The van der Waals surface area contributed by atoms with E-state index in [1.54, 1.807) is 11.8 Å². The first-order valence-corrected chi connectivity index (χ1v) is 7.19. The fourth-order valence-corrected chi connectivity index (χ4v) is 2.88. The second kappa shape index (κ2) is 5.60. The van der Waals surface area contributed by atoms with Crippen molar-refractivity contribution in [2.45, 2.75) is 32.1 Å². The average molecular weight is 286 g/mol. The molecule has 0 spiro atoms. The quantitative estimate of drug-likeness (QED) is 0.881. The molecule has 0 saturated carbocycles. The first-order valence-electron chi connectivity index (χ1n) is 7.19. The average Bonchev–Trinajstić information content (AvgIpc) is 2.69. The highest BCUT2D eigenvalue weighted by Crippen LogP contribution is 2.27.